The van der Waals surface area contributed by atoms with Crippen molar-refractivity contribution in [3.05, 3.63) is 23.9 Å². The van der Waals surface area contributed by atoms with Crippen LogP contribution < -0.4 is 5.84 Å². The predicted octanol–water partition coefficient (Wildman–Crippen LogP) is 2.43. The van der Waals surface area contributed by atoms with Crippen LogP contribution in [0, 0.1) is 0 Å². The number of alkyl halides is 1. The Morgan fingerprint density at radius 1 is 1.13 bits per heavy atom. The summed E-state index contributed by atoms with van der Waals surface area (Å²) in [6.07, 6.45) is 4.65. The van der Waals surface area contributed by atoms with Gasteiger partial charge in [0.05, 0.1) is 0 Å². The molecule has 0 fully saturated rings. The Kier molecular flexibility index (Phi) is 5.70. The summed E-state index contributed by atoms with van der Waals surface area (Å²) >= 11 is 3.32. The number of hydrogen-bond donors (Lipinski definition) is 1. The number of nitrogens with zero attached hydrogens (tertiary/aromatic N) is 1. The van der Waals surface area contributed by atoms with Crippen LogP contribution >= 0.6 is 15.9 Å². The Bertz CT molecular complexity index is 513. The van der Waals surface area contributed by atoms with E-state index in [0.29, 0.717) is 5.33 Å². The molecule has 0 atom stereocenters. The molecular formula is C16H25BrN2O4. The zero-order valence-corrected chi connectivity index (χ0v) is 16.1. The van der Waals surface area contributed by atoms with E-state index in [1.54, 1.807) is 47.6 Å². The second-order valence-corrected chi connectivity index (χ2v) is 7.91. The predicted molar refractivity (Wildman–Crippen MR) is 91.5 cm³/mol. The molecule has 0 unspecified atom stereocenters. The van der Waals surface area contributed by atoms with Crippen LogP contribution in [0.5, 0.6) is 0 Å². The van der Waals surface area contributed by atoms with Gasteiger partial charge < -0.3 is 9.47 Å². The van der Waals surface area contributed by atoms with Crippen molar-refractivity contribution in [2.45, 2.75) is 58.3 Å². The van der Waals surface area contributed by atoms with Crippen LogP contribution in [0.2, 0.25) is 0 Å². The number of hydrogen-bond acceptors (Lipinski definition) is 6. The van der Waals surface area contributed by atoms with Gasteiger partial charge in [0.15, 0.2) is 0 Å². The SMILES string of the molecule is CC(C)(C)OC(=O)C1(C(=O)OC(C)(C)C)C=C(CBr)C=CN1N. The zero-order chi connectivity index (χ0) is 18.1. The quantitative estimate of drug-likeness (QED) is 0.346. The van der Waals surface area contributed by atoms with Crippen LogP contribution in [0.25, 0.3) is 0 Å². The molecule has 7 heteroatoms. The van der Waals surface area contributed by atoms with Crippen LogP contribution in [-0.2, 0) is 19.1 Å². The van der Waals surface area contributed by atoms with E-state index in [-0.39, 0.29) is 0 Å². The lowest BCUT2D eigenvalue weighted by atomic mass is 9.92. The second kappa shape index (κ2) is 6.65. The van der Waals surface area contributed by atoms with Crippen molar-refractivity contribution in [2.24, 2.45) is 5.84 Å². The maximum atomic E-state index is 12.8. The Balaban J connectivity index is 3.36. The number of rotatable bonds is 3. The summed E-state index contributed by atoms with van der Waals surface area (Å²) in [5.41, 5.74) is -2.66. The minimum atomic E-state index is -1.85. The molecule has 0 amide bonds. The number of carbonyl (C=O) groups is 2. The third-order valence-electron chi connectivity index (χ3n) is 2.83. The Hall–Kier alpha value is -1.34. The van der Waals surface area contributed by atoms with Gasteiger partial charge in [0.1, 0.15) is 11.2 Å². The minimum absolute atomic E-state index is 0.463. The molecule has 1 aliphatic rings. The lowest BCUT2D eigenvalue weighted by molar-refractivity contribution is -0.182. The summed E-state index contributed by atoms with van der Waals surface area (Å²) in [6, 6.07) is 0. The molecule has 130 valence electrons. The summed E-state index contributed by atoms with van der Waals surface area (Å²) in [5, 5.41) is 1.49. The van der Waals surface area contributed by atoms with Crippen LogP contribution in [0.3, 0.4) is 0 Å². The number of nitrogens with two attached hydrogens (primary N) is 1. The van der Waals surface area contributed by atoms with Gasteiger partial charge in [0.2, 0.25) is 0 Å². The molecule has 1 aliphatic heterocycles. The largest absolute Gasteiger partial charge is 0.457 e. The fourth-order valence-electron chi connectivity index (χ4n) is 1.89. The van der Waals surface area contributed by atoms with Crippen LogP contribution in [0.4, 0.5) is 0 Å². The van der Waals surface area contributed by atoms with Crippen molar-refractivity contribution < 1.29 is 19.1 Å². The van der Waals surface area contributed by atoms with Crippen LogP contribution in [0.15, 0.2) is 23.9 Å². The molecule has 0 saturated carbocycles. The topological polar surface area (TPSA) is 81.9 Å². The Labute approximate surface area is 145 Å². The lowest BCUT2D eigenvalue weighted by Crippen LogP contribution is -2.63. The maximum absolute atomic E-state index is 12.8. The first kappa shape index (κ1) is 19.7. The van der Waals surface area contributed by atoms with E-state index in [2.05, 4.69) is 15.9 Å². The highest BCUT2D eigenvalue weighted by Gasteiger charge is 2.54. The molecule has 0 aromatic carbocycles. The van der Waals surface area contributed by atoms with Gasteiger partial charge in [-0.2, -0.15) is 0 Å². The van der Waals surface area contributed by atoms with Crippen molar-refractivity contribution in [2.75, 3.05) is 5.33 Å². The van der Waals surface area contributed by atoms with E-state index in [4.69, 9.17) is 15.3 Å². The molecular weight excluding hydrogens is 364 g/mol. The normalized spacial score (nSPS) is 17.6. The molecule has 2 N–H and O–H groups in total. The van der Waals surface area contributed by atoms with E-state index < -0.39 is 28.7 Å². The third-order valence-corrected chi connectivity index (χ3v) is 3.47. The molecule has 23 heavy (non-hydrogen) atoms. The Morgan fingerprint density at radius 3 is 1.91 bits per heavy atom. The number of halogens is 1. The van der Waals surface area contributed by atoms with Crippen molar-refractivity contribution in [1.29, 1.82) is 0 Å². The van der Waals surface area contributed by atoms with Crippen molar-refractivity contribution in [1.82, 2.24) is 5.01 Å². The first-order chi connectivity index (χ1) is 10.3. The summed E-state index contributed by atoms with van der Waals surface area (Å²) in [7, 11) is 0. The van der Waals surface area contributed by atoms with Gasteiger partial charge >= 0.3 is 11.9 Å². The van der Waals surface area contributed by atoms with E-state index >= 15 is 0 Å². The van der Waals surface area contributed by atoms with Crippen LogP contribution in [0.1, 0.15) is 41.5 Å². The maximum Gasteiger partial charge on any atom is 0.349 e. The molecule has 0 aromatic rings. The molecule has 1 rings (SSSR count). The van der Waals surface area contributed by atoms with Gasteiger partial charge in [0.25, 0.3) is 5.54 Å². The van der Waals surface area contributed by atoms with Gasteiger partial charge in [-0.15, -0.1) is 0 Å². The van der Waals surface area contributed by atoms with Crippen molar-refractivity contribution in [3.63, 3.8) is 0 Å². The summed E-state index contributed by atoms with van der Waals surface area (Å²) in [6.45, 7) is 10.3. The zero-order valence-electron chi connectivity index (χ0n) is 14.5. The number of allylic oxidation sites excluding steroid dienone is 2. The number of ether oxygens (including phenoxy) is 2. The van der Waals surface area contributed by atoms with Crippen molar-refractivity contribution in [3.8, 4) is 0 Å². The van der Waals surface area contributed by atoms with E-state index in [9.17, 15) is 9.59 Å². The first-order valence-corrected chi connectivity index (χ1v) is 8.41. The highest BCUT2D eigenvalue weighted by molar-refractivity contribution is 9.09. The molecule has 0 aromatic heterocycles. The molecule has 0 saturated heterocycles. The average molecular weight is 389 g/mol. The lowest BCUT2D eigenvalue weighted by Gasteiger charge is -2.39. The van der Waals surface area contributed by atoms with Crippen LogP contribution in [-0.4, -0.2) is 39.0 Å². The highest BCUT2D eigenvalue weighted by atomic mass is 79.9. The van der Waals surface area contributed by atoms with E-state index in [1.807, 2.05) is 0 Å². The first-order valence-electron chi connectivity index (χ1n) is 7.28. The van der Waals surface area contributed by atoms with Gasteiger partial charge in [-0.1, -0.05) is 15.9 Å². The fraction of sp³-hybridized carbons (Fsp3) is 0.625. The second-order valence-electron chi connectivity index (χ2n) is 7.35. The van der Waals surface area contributed by atoms with E-state index in [1.165, 1.54) is 12.3 Å². The average Bonchev–Trinajstić information content (AvgIpc) is 2.35. The van der Waals surface area contributed by atoms with Crippen molar-refractivity contribution >= 4 is 27.9 Å². The van der Waals surface area contributed by atoms with E-state index in [0.717, 1.165) is 10.6 Å². The van der Waals surface area contributed by atoms with Gasteiger partial charge in [0, 0.05) is 11.5 Å². The fourth-order valence-corrected chi connectivity index (χ4v) is 2.24. The molecule has 0 radical (unpaired) electrons. The summed E-state index contributed by atoms with van der Waals surface area (Å²) in [5.74, 6) is 4.41. The molecule has 0 spiro atoms. The molecule has 1 heterocycles. The number of hydrazine groups is 1. The smallest absolute Gasteiger partial charge is 0.349 e. The summed E-state index contributed by atoms with van der Waals surface area (Å²) in [4.78, 5) is 25.6. The minimum Gasteiger partial charge on any atom is -0.457 e. The van der Waals surface area contributed by atoms with Gasteiger partial charge in [-0.25, -0.2) is 15.4 Å². The Morgan fingerprint density at radius 2 is 1.57 bits per heavy atom. The van der Waals surface area contributed by atoms with Gasteiger partial charge in [-0.3, -0.25) is 5.01 Å². The summed E-state index contributed by atoms with van der Waals surface area (Å²) < 4.78 is 10.8. The third kappa shape index (κ3) is 4.81. The molecule has 0 bridgehead atoms. The van der Waals surface area contributed by atoms with Gasteiger partial charge in [-0.05, 0) is 59.3 Å². The molecule has 0 aliphatic carbocycles. The number of carbonyl (C=O) groups excluding carboxylic acids is 2. The standard InChI is InChI=1S/C16H25BrN2O4/c1-14(2,3)22-12(20)16(13(21)23-15(4,5)6)9-11(10-17)7-8-19(16)18/h7-9H,10,18H2,1-6H3. The molecule has 6 nitrogen and oxygen atoms in total. The highest BCUT2D eigenvalue weighted by Crippen LogP contribution is 2.29. The number of esters is 2. The monoisotopic (exact) mass is 388 g/mol.